The molecule has 0 saturated heterocycles. The van der Waals surface area contributed by atoms with Gasteiger partial charge in [-0.05, 0) is 72.6 Å². The molecule has 1 atom stereocenters. The van der Waals surface area contributed by atoms with E-state index in [1.807, 2.05) is 36.4 Å². The normalized spacial score (nSPS) is 11.8. The van der Waals surface area contributed by atoms with Gasteiger partial charge < -0.3 is 9.73 Å². The van der Waals surface area contributed by atoms with E-state index in [0.29, 0.717) is 17.4 Å². The van der Waals surface area contributed by atoms with Gasteiger partial charge in [-0.3, -0.25) is 10.1 Å². The number of hydrogen-bond donors (Lipinski definition) is 2. The standard InChI is InChI=1S/C25H23N3O2S/c1-3-16(2)18-12-13-22-21(15-18)27-24(30-22)19-10-7-11-20(14-19)26-25(31)28-23(29)17-8-5-4-6-9-17/h4-16H,3H2,1-2H3,(H2,26,28,29,31)/t16-/m1/s1. The van der Waals surface area contributed by atoms with Gasteiger partial charge >= 0.3 is 0 Å². The summed E-state index contributed by atoms with van der Waals surface area (Å²) in [5, 5.41) is 5.96. The molecule has 1 amide bonds. The van der Waals surface area contributed by atoms with Crippen molar-refractivity contribution in [3.8, 4) is 11.5 Å². The third kappa shape index (κ3) is 4.81. The van der Waals surface area contributed by atoms with Crippen LogP contribution in [0, 0.1) is 0 Å². The van der Waals surface area contributed by atoms with Crippen LogP contribution in [-0.4, -0.2) is 16.0 Å². The van der Waals surface area contributed by atoms with Crippen molar-refractivity contribution in [3.05, 3.63) is 83.9 Å². The quantitative estimate of drug-likeness (QED) is 0.373. The van der Waals surface area contributed by atoms with E-state index in [-0.39, 0.29) is 11.0 Å². The first-order valence-electron chi connectivity index (χ1n) is 10.2. The number of anilines is 1. The number of aromatic nitrogens is 1. The van der Waals surface area contributed by atoms with Crippen LogP contribution in [0.5, 0.6) is 0 Å². The van der Waals surface area contributed by atoms with Gasteiger partial charge in [-0.25, -0.2) is 4.98 Å². The second kappa shape index (κ2) is 9.10. The fourth-order valence-corrected chi connectivity index (χ4v) is 3.48. The molecule has 0 spiro atoms. The van der Waals surface area contributed by atoms with Crippen molar-refractivity contribution in [3.63, 3.8) is 0 Å². The van der Waals surface area contributed by atoms with Gasteiger partial charge in [-0.2, -0.15) is 0 Å². The number of oxazole rings is 1. The minimum absolute atomic E-state index is 0.224. The minimum atomic E-state index is -0.259. The molecule has 2 N–H and O–H groups in total. The van der Waals surface area contributed by atoms with Gasteiger partial charge in [0, 0.05) is 16.8 Å². The van der Waals surface area contributed by atoms with Gasteiger partial charge in [-0.15, -0.1) is 0 Å². The number of hydrogen-bond acceptors (Lipinski definition) is 4. The Morgan fingerprint density at radius 1 is 1.06 bits per heavy atom. The summed E-state index contributed by atoms with van der Waals surface area (Å²) in [6.07, 6.45) is 1.07. The molecular formula is C25H23N3O2S. The first kappa shape index (κ1) is 20.8. The third-order valence-corrected chi connectivity index (χ3v) is 5.43. The van der Waals surface area contributed by atoms with Crippen molar-refractivity contribution < 1.29 is 9.21 Å². The Morgan fingerprint density at radius 2 is 1.87 bits per heavy atom. The van der Waals surface area contributed by atoms with E-state index in [1.165, 1.54) is 5.56 Å². The SMILES string of the molecule is CC[C@@H](C)c1ccc2oc(-c3cccc(NC(=S)NC(=O)c4ccccc4)c3)nc2c1. The second-order valence-corrected chi connectivity index (χ2v) is 7.82. The maximum absolute atomic E-state index is 12.3. The Kier molecular flexibility index (Phi) is 6.09. The molecule has 156 valence electrons. The number of amides is 1. The monoisotopic (exact) mass is 429 g/mol. The lowest BCUT2D eigenvalue weighted by atomic mass is 9.98. The Bertz CT molecular complexity index is 1230. The van der Waals surface area contributed by atoms with E-state index < -0.39 is 0 Å². The Hall–Kier alpha value is -3.51. The van der Waals surface area contributed by atoms with Crippen molar-refractivity contribution in [1.29, 1.82) is 0 Å². The van der Waals surface area contributed by atoms with Crippen molar-refractivity contribution in [1.82, 2.24) is 10.3 Å². The predicted octanol–water partition coefficient (Wildman–Crippen LogP) is 6.14. The summed E-state index contributed by atoms with van der Waals surface area (Å²) in [6, 6.07) is 22.7. The molecular weight excluding hydrogens is 406 g/mol. The number of carbonyl (C=O) groups is 1. The molecule has 0 saturated carbocycles. The van der Waals surface area contributed by atoms with Gasteiger partial charge in [0.25, 0.3) is 5.91 Å². The Morgan fingerprint density at radius 3 is 2.65 bits per heavy atom. The molecule has 0 radical (unpaired) electrons. The van der Waals surface area contributed by atoms with E-state index in [4.69, 9.17) is 16.6 Å². The number of benzene rings is 3. The lowest BCUT2D eigenvalue weighted by Crippen LogP contribution is -2.34. The molecule has 1 heterocycles. The zero-order valence-electron chi connectivity index (χ0n) is 17.4. The summed E-state index contributed by atoms with van der Waals surface area (Å²) < 4.78 is 5.96. The number of thiocarbonyl (C=S) groups is 1. The van der Waals surface area contributed by atoms with Gasteiger partial charge in [0.2, 0.25) is 5.89 Å². The summed E-state index contributed by atoms with van der Waals surface area (Å²) in [7, 11) is 0. The van der Waals surface area contributed by atoms with E-state index in [1.54, 1.807) is 24.3 Å². The number of rotatable bonds is 5. The average Bonchev–Trinajstić information content (AvgIpc) is 3.22. The average molecular weight is 430 g/mol. The van der Waals surface area contributed by atoms with Crippen LogP contribution in [0.3, 0.4) is 0 Å². The lowest BCUT2D eigenvalue weighted by molar-refractivity contribution is 0.0977. The van der Waals surface area contributed by atoms with Crippen LogP contribution in [0.15, 0.2) is 77.2 Å². The van der Waals surface area contributed by atoms with Gasteiger partial charge in [-0.1, -0.05) is 44.2 Å². The molecule has 0 aliphatic rings. The summed E-state index contributed by atoms with van der Waals surface area (Å²) in [4.78, 5) is 16.9. The van der Waals surface area contributed by atoms with Gasteiger partial charge in [0.15, 0.2) is 10.7 Å². The summed E-state index contributed by atoms with van der Waals surface area (Å²) >= 11 is 5.29. The maximum atomic E-state index is 12.3. The van der Waals surface area contributed by atoms with E-state index in [0.717, 1.165) is 28.8 Å². The highest BCUT2D eigenvalue weighted by molar-refractivity contribution is 7.80. The van der Waals surface area contributed by atoms with Crippen molar-refractivity contribution >= 4 is 40.0 Å². The molecule has 0 fully saturated rings. The van der Waals surface area contributed by atoms with E-state index in [2.05, 4.69) is 41.6 Å². The van der Waals surface area contributed by atoms with Crippen molar-refractivity contribution in [2.24, 2.45) is 0 Å². The summed E-state index contributed by atoms with van der Waals surface area (Å²) in [5.74, 6) is 0.758. The number of nitrogens with one attached hydrogen (secondary N) is 2. The Labute approximate surface area is 186 Å². The highest BCUT2D eigenvalue weighted by Crippen LogP contribution is 2.29. The third-order valence-electron chi connectivity index (χ3n) is 5.22. The first-order chi connectivity index (χ1) is 15.0. The van der Waals surface area contributed by atoms with Crippen LogP contribution in [0.25, 0.3) is 22.6 Å². The topological polar surface area (TPSA) is 67.2 Å². The van der Waals surface area contributed by atoms with Crippen LogP contribution >= 0.6 is 12.2 Å². The fraction of sp³-hybridized carbons (Fsp3) is 0.160. The zero-order chi connectivity index (χ0) is 21.8. The lowest BCUT2D eigenvalue weighted by Gasteiger charge is -2.10. The smallest absolute Gasteiger partial charge is 0.257 e. The summed E-state index contributed by atoms with van der Waals surface area (Å²) in [5.41, 5.74) is 4.96. The zero-order valence-corrected chi connectivity index (χ0v) is 18.2. The first-order valence-corrected chi connectivity index (χ1v) is 10.6. The molecule has 1 aromatic heterocycles. The molecule has 0 unspecified atom stereocenters. The highest BCUT2D eigenvalue weighted by Gasteiger charge is 2.12. The molecule has 0 aliphatic carbocycles. The molecule has 5 nitrogen and oxygen atoms in total. The second-order valence-electron chi connectivity index (χ2n) is 7.41. The largest absolute Gasteiger partial charge is 0.436 e. The molecule has 0 aliphatic heterocycles. The van der Waals surface area contributed by atoms with Crippen molar-refractivity contribution in [2.45, 2.75) is 26.2 Å². The number of carbonyl (C=O) groups excluding carboxylic acids is 1. The van der Waals surface area contributed by atoms with E-state index >= 15 is 0 Å². The predicted molar refractivity (Wildman–Crippen MR) is 128 cm³/mol. The van der Waals surface area contributed by atoms with E-state index in [9.17, 15) is 4.79 Å². The highest BCUT2D eigenvalue weighted by atomic mass is 32.1. The molecule has 31 heavy (non-hydrogen) atoms. The summed E-state index contributed by atoms with van der Waals surface area (Å²) in [6.45, 7) is 4.38. The molecule has 3 aromatic carbocycles. The molecule has 4 rings (SSSR count). The van der Waals surface area contributed by atoms with Crippen LogP contribution in [0.1, 0.15) is 42.1 Å². The number of nitrogens with zero attached hydrogens (tertiary/aromatic N) is 1. The maximum Gasteiger partial charge on any atom is 0.257 e. The minimum Gasteiger partial charge on any atom is -0.436 e. The molecule has 4 aromatic rings. The van der Waals surface area contributed by atoms with Crippen molar-refractivity contribution in [2.75, 3.05) is 5.32 Å². The molecule has 0 bridgehead atoms. The van der Waals surface area contributed by atoms with Gasteiger partial charge in [0.05, 0.1) is 0 Å². The van der Waals surface area contributed by atoms with Crippen LogP contribution < -0.4 is 10.6 Å². The van der Waals surface area contributed by atoms with Crippen LogP contribution in [0.2, 0.25) is 0 Å². The fourth-order valence-electron chi connectivity index (χ4n) is 3.27. The Balaban J connectivity index is 1.50. The van der Waals surface area contributed by atoms with Gasteiger partial charge in [0.1, 0.15) is 5.52 Å². The van der Waals surface area contributed by atoms with Crippen LogP contribution in [0.4, 0.5) is 5.69 Å². The molecule has 6 heteroatoms. The number of fused-ring (bicyclic) bond motifs is 1. The van der Waals surface area contributed by atoms with Crippen LogP contribution in [-0.2, 0) is 0 Å².